The van der Waals surface area contributed by atoms with Crippen molar-refractivity contribution in [3.63, 3.8) is 0 Å². The molecule has 86 valence electrons. The molecular weight excluding hydrogens is 204 g/mol. The van der Waals surface area contributed by atoms with E-state index in [0.29, 0.717) is 12.5 Å². The van der Waals surface area contributed by atoms with Crippen LogP contribution in [0.1, 0.15) is 31.4 Å². The molecule has 4 nitrogen and oxygen atoms in total. The molecule has 4 heteroatoms. The molecule has 1 aromatic heterocycles. The Morgan fingerprint density at radius 1 is 1.62 bits per heavy atom. The van der Waals surface area contributed by atoms with Gasteiger partial charge in [-0.05, 0) is 25.3 Å². The third-order valence-electron chi connectivity index (χ3n) is 2.87. The van der Waals surface area contributed by atoms with Crippen LogP contribution in [0, 0.1) is 0 Å². The van der Waals surface area contributed by atoms with E-state index in [0.717, 1.165) is 31.4 Å². The van der Waals surface area contributed by atoms with Crippen molar-refractivity contribution < 1.29 is 9.53 Å². The SMILES string of the molecule is CCOc1ccc([C@H]2CCCN2C=O)cn1. The summed E-state index contributed by atoms with van der Waals surface area (Å²) in [4.78, 5) is 16.9. The van der Waals surface area contributed by atoms with Crippen molar-refractivity contribution in [1.29, 1.82) is 0 Å². The Hall–Kier alpha value is -1.58. The van der Waals surface area contributed by atoms with E-state index >= 15 is 0 Å². The van der Waals surface area contributed by atoms with Crippen molar-refractivity contribution in [1.82, 2.24) is 9.88 Å². The van der Waals surface area contributed by atoms with E-state index in [-0.39, 0.29) is 6.04 Å². The molecule has 16 heavy (non-hydrogen) atoms. The second-order valence-corrected chi connectivity index (χ2v) is 3.86. The minimum Gasteiger partial charge on any atom is -0.478 e. The summed E-state index contributed by atoms with van der Waals surface area (Å²) >= 11 is 0. The maximum atomic E-state index is 10.8. The van der Waals surface area contributed by atoms with Gasteiger partial charge in [-0.1, -0.05) is 6.07 Å². The van der Waals surface area contributed by atoms with E-state index < -0.39 is 0 Å². The molecule has 1 atom stereocenters. The first-order chi connectivity index (χ1) is 7.85. The molecule has 1 fully saturated rings. The van der Waals surface area contributed by atoms with Gasteiger partial charge in [0.1, 0.15) is 0 Å². The number of hydrogen-bond acceptors (Lipinski definition) is 3. The Morgan fingerprint density at radius 2 is 2.50 bits per heavy atom. The van der Waals surface area contributed by atoms with E-state index in [1.165, 1.54) is 0 Å². The summed E-state index contributed by atoms with van der Waals surface area (Å²) in [7, 11) is 0. The van der Waals surface area contributed by atoms with Crippen LogP contribution in [0.3, 0.4) is 0 Å². The van der Waals surface area contributed by atoms with E-state index in [2.05, 4.69) is 4.98 Å². The number of carbonyl (C=O) groups is 1. The van der Waals surface area contributed by atoms with Gasteiger partial charge in [0.05, 0.1) is 12.6 Å². The summed E-state index contributed by atoms with van der Waals surface area (Å²) in [5.41, 5.74) is 1.09. The second kappa shape index (κ2) is 4.96. The quantitative estimate of drug-likeness (QED) is 0.726. The Morgan fingerprint density at radius 3 is 3.12 bits per heavy atom. The highest BCUT2D eigenvalue weighted by molar-refractivity contribution is 5.49. The summed E-state index contributed by atoms with van der Waals surface area (Å²) in [6.07, 6.45) is 4.82. The number of hydrogen-bond donors (Lipinski definition) is 0. The van der Waals surface area contributed by atoms with Crippen LogP contribution in [0.15, 0.2) is 18.3 Å². The van der Waals surface area contributed by atoms with Gasteiger partial charge in [0.15, 0.2) is 0 Å². The van der Waals surface area contributed by atoms with E-state index in [4.69, 9.17) is 4.74 Å². The highest BCUT2D eigenvalue weighted by Gasteiger charge is 2.24. The average Bonchev–Trinajstić information content (AvgIpc) is 2.78. The maximum absolute atomic E-state index is 10.8. The molecule has 0 aliphatic carbocycles. The van der Waals surface area contributed by atoms with Crippen LogP contribution >= 0.6 is 0 Å². The fourth-order valence-electron chi connectivity index (χ4n) is 2.10. The number of aromatic nitrogens is 1. The fraction of sp³-hybridized carbons (Fsp3) is 0.500. The Balaban J connectivity index is 2.11. The molecule has 0 spiro atoms. The number of rotatable bonds is 4. The molecule has 0 unspecified atom stereocenters. The predicted octanol–water partition coefficient (Wildman–Crippen LogP) is 1.77. The predicted molar refractivity (Wildman–Crippen MR) is 60.2 cm³/mol. The number of amides is 1. The molecule has 1 saturated heterocycles. The molecule has 0 saturated carbocycles. The van der Waals surface area contributed by atoms with Crippen molar-refractivity contribution in [2.45, 2.75) is 25.8 Å². The maximum Gasteiger partial charge on any atom is 0.213 e. The zero-order chi connectivity index (χ0) is 11.4. The molecule has 1 aromatic rings. The van der Waals surface area contributed by atoms with Crippen molar-refractivity contribution in [2.24, 2.45) is 0 Å². The lowest BCUT2D eigenvalue weighted by Gasteiger charge is -2.19. The van der Waals surface area contributed by atoms with E-state index in [1.54, 1.807) is 6.20 Å². The van der Waals surface area contributed by atoms with Crippen molar-refractivity contribution >= 4 is 6.41 Å². The second-order valence-electron chi connectivity index (χ2n) is 3.86. The van der Waals surface area contributed by atoms with Crippen LogP contribution in [0.2, 0.25) is 0 Å². The standard InChI is InChI=1S/C12H16N2O2/c1-2-16-12-6-5-10(8-13-12)11-4-3-7-14(11)9-15/h5-6,8-9,11H,2-4,7H2,1H3/t11-/m1/s1. The van der Waals surface area contributed by atoms with Gasteiger partial charge in [-0.15, -0.1) is 0 Å². The summed E-state index contributed by atoms with van der Waals surface area (Å²) in [6, 6.07) is 4.05. The van der Waals surface area contributed by atoms with Gasteiger partial charge >= 0.3 is 0 Å². The van der Waals surface area contributed by atoms with Crippen molar-refractivity contribution in [3.8, 4) is 5.88 Å². The summed E-state index contributed by atoms with van der Waals surface area (Å²) in [5, 5.41) is 0. The first-order valence-corrected chi connectivity index (χ1v) is 5.65. The molecule has 0 N–H and O–H groups in total. The van der Waals surface area contributed by atoms with Crippen LogP contribution < -0.4 is 4.74 Å². The third kappa shape index (κ3) is 2.15. The minimum absolute atomic E-state index is 0.195. The van der Waals surface area contributed by atoms with Crippen molar-refractivity contribution in [2.75, 3.05) is 13.2 Å². The highest BCUT2D eigenvalue weighted by atomic mass is 16.5. The number of likely N-dealkylation sites (tertiary alicyclic amines) is 1. The van der Waals surface area contributed by atoms with Gasteiger partial charge in [0.2, 0.25) is 12.3 Å². The van der Waals surface area contributed by atoms with Gasteiger partial charge in [-0.25, -0.2) is 4.98 Å². The molecule has 0 aromatic carbocycles. The molecular formula is C12H16N2O2. The highest BCUT2D eigenvalue weighted by Crippen LogP contribution is 2.30. The van der Waals surface area contributed by atoms with Gasteiger partial charge in [-0.2, -0.15) is 0 Å². The lowest BCUT2D eigenvalue weighted by molar-refractivity contribution is -0.118. The lowest BCUT2D eigenvalue weighted by atomic mass is 10.1. The smallest absolute Gasteiger partial charge is 0.213 e. The lowest BCUT2D eigenvalue weighted by Crippen LogP contribution is -2.21. The van der Waals surface area contributed by atoms with Gasteiger partial charge in [0, 0.05) is 18.8 Å². The largest absolute Gasteiger partial charge is 0.478 e. The molecule has 1 aliphatic rings. The molecule has 1 aliphatic heterocycles. The van der Waals surface area contributed by atoms with Crippen LogP contribution in [0.5, 0.6) is 5.88 Å². The van der Waals surface area contributed by atoms with Crippen molar-refractivity contribution in [3.05, 3.63) is 23.9 Å². The third-order valence-corrected chi connectivity index (χ3v) is 2.87. The zero-order valence-electron chi connectivity index (χ0n) is 9.43. The van der Waals surface area contributed by atoms with Gasteiger partial charge in [-0.3, -0.25) is 4.79 Å². The number of pyridine rings is 1. The Labute approximate surface area is 95.2 Å². The fourth-order valence-corrected chi connectivity index (χ4v) is 2.10. The number of carbonyl (C=O) groups excluding carboxylic acids is 1. The summed E-state index contributed by atoms with van der Waals surface area (Å²) < 4.78 is 5.28. The summed E-state index contributed by atoms with van der Waals surface area (Å²) in [6.45, 7) is 3.40. The average molecular weight is 220 g/mol. The van der Waals surface area contributed by atoms with E-state index in [1.807, 2.05) is 24.0 Å². The first kappa shape index (κ1) is 10.9. The summed E-state index contributed by atoms with van der Waals surface area (Å²) in [5.74, 6) is 0.641. The molecule has 2 heterocycles. The van der Waals surface area contributed by atoms with Crippen LogP contribution in [0.4, 0.5) is 0 Å². The van der Waals surface area contributed by atoms with E-state index in [9.17, 15) is 4.79 Å². The zero-order valence-corrected chi connectivity index (χ0v) is 9.43. The monoisotopic (exact) mass is 220 g/mol. The van der Waals surface area contributed by atoms with Crippen LogP contribution in [-0.4, -0.2) is 29.4 Å². The van der Waals surface area contributed by atoms with Gasteiger partial charge < -0.3 is 9.64 Å². The van der Waals surface area contributed by atoms with Gasteiger partial charge in [0.25, 0.3) is 0 Å². The molecule has 0 radical (unpaired) electrons. The Bertz CT molecular complexity index is 351. The minimum atomic E-state index is 0.195. The topological polar surface area (TPSA) is 42.4 Å². The number of ether oxygens (including phenoxy) is 1. The molecule has 2 rings (SSSR count). The van der Waals surface area contributed by atoms with Crippen LogP contribution in [-0.2, 0) is 4.79 Å². The normalized spacial score (nSPS) is 19.8. The van der Waals surface area contributed by atoms with Crippen LogP contribution in [0.25, 0.3) is 0 Å². The molecule has 1 amide bonds. The first-order valence-electron chi connectivity index (χ1n) is 5.65. The number of nitrogens with zero attached hydrogens (tertiary/aromatic N) is 2. The molecule has 0 bridgehead atoms. The Kier molecular flexibility index (Phi) is 3.39.